The van der Waals surface area contributed by atoms with Crippen molar-refractivity contribution in [3.05, 3.63) is 53.8 Å². The molecule has 0 heterocycles. The van der Waals surface area contributed by atoms with Gasteiger partial charge in [-0.05, 0) is 55.7 Å². The van der Waals surface area contributed by atoms with Gasteiger partial charge in [0.25, 0.3) is 0 Å². The maximum absolute atomic E-state index is 13.4. The number of carbonyl (C=O) groups is 1. The van der Waals surface area contributed by atoms with Gasteiger partial charge in [0.2, 0.25) is 0 Å². The molecule has 1 aliphatic rings. The van der Waals surface area contributed by atoms with E-state index in [-0.39, 0.29) is 17.0 Å². The molecule has 108 valence electrons. The summed E-state index contributed by atoms with van der Waals surface area (Å²) in [4.78, 5) is 11.1. The summed E-state index contributed by atoms with van der Waals surface area (Å²) in [5.41, 5.74) is 1.30. The Morgan fingerprint density at radius 2 is 2.00 bits per heavy atom. The molecule has 0 radical (unpaired) electrons. The van der Waals surface area contributed by atoms with Crippen LogP contribution >= 0.6 is 0 Å². The molecular formula is C17H15FO3. The van der Waals surface area contributed by atoms with Crippen molar-refractivity contribution in [1.82, 2.24) is 0 Å². The highest BCUT2D eigenvalue weighted by Gasteiger charge is 2.40. The second-order valence-corrected chi connectivity index (χ2v) is 5.58. The molecule has 1 aliphatic carbocycles. The number of hydrogen-bond donors (Lipinski definition) is 1. The fourth-order valence-corrected chi connectivity index (χ4v) is 2.18. The lowest BCUT2D eigenvalue weighted by molar-refractivity contribution is 0.0696. The number of aromatic carboxylic acids is 1. The minimum absolute atomic E-state index is 0.161. The van der Waals surface area contributed by atoms with Crippen LogP contribution in [0.2, 0.25) is 0 Å². The van der Waals surface area contributed by atoms with Gasteiger partial charge in [-0.1, -0.05) is 12.1 Å². The van der Waals surface area contributed by atoms with Crippen LogP contribution in [0.15, 0.2) is 42.5 Å². The summed E-state index contributed by atoms with van der Waals surface area (Å²) >= 11 is 0. The molecule has 1 N–H and O–H groups in total. The first-order valence-corrected chi connectivity index (χ1v) is 6.79. The van der Waals surface area contributed by atoms with Gasteiger partial charge in [0.1, 0.15) is 17.2 Å². The Bertz CT molecular complexity index is 705. The van der Waals surface area contributed by atoms with E-state index in [0.29, 0.717) is 16.9 Å². The van der Waals surface area contributed by atoms with Gasteiger partial charge in [0.15, 0.2) is 0 Å². The van der Waals surface area contributed by atoms with Crippen LogP contribution in [0.5, 0.6) is 5.75 Å². The number of ether oxygens (including phenoxy) is 1. The smallest absolute Gasteiger partial charge is 0.335 e. The minimum atomic E-state index is -1.01. The quantitative estimate of drug-likeness (QED) is 0.919. The van der Waals surface area contributed by atoms with Crippen LogP contribution in [0, 0.1) is 5.82 Å². The molecule has 2 aromatic rings. The SMILES string of the molecule is CC1(Oc2cc(C(=O)O)ccc2-c2cccc(F)c2)CC1. The molecule has 1 saturated carbocycles. The van der Waals surface area contributed by atoms with Crippen LogP contribution in [0.25, 0.3) is 11.1 Å². The summed E-state index contributed by atoms with van der Waals surface area (Å²) in [5.74, 6) is -0.856. The van der Waals surface area contributed by atoms with E-state index < -0.39 is 5.97 Å². The van der Waals surface area contributed by atoms with Gasteiger partial charge in [0.05, 0.1) is 5.56 Å². The summed E-state index contributed by atoms with van der Waals surface area (Å²) in [7, 11) is 0. The molecule has 21 heavy (non-hydrogen) atoms. The summed E-state index contributed by atoms with van der Waals surface area (Å²) < 4.78 is 19.4. The third kappa shape index (κ3) is 2.89. The van der Waals surface area contributed by atoms with Gasteiger partial charge < -0.3 is 9.84 Å². The van der Waals surface area contributed by atoms with Crippen molar-refractivity contribution < 1.29 is 19.0 Å². The van der Waals surface area contributed by atoms with E-state index in [4.69, 9.17) is 9.84 Å². The van der Waals surface area contributed by atoms with Crippen molar-refractivity contribution in [2.45, 2.75) is 25.4 Å². The summed E-state index contributed by atoms with van der Waals surface area (Å²) in [6.07, 6.45) is 1.87. The molecule has 0 saturated heterocycles. The summed E-state index contributed by atoms with van der Waals surface area (Å²) in [5, 5.41) is 9.11. The Balaban J connectivity index is 2.07. The second-order valence-electron chi connectivity index (χ2n) is 5.58. The van der Waals surface area contributed by atoms with Gasteiger partial charge in [-0.15, -0.1) is 0 Å². The van der Waals surface area contributed by atoms with E-state index in [2.05, 4.69) is 0 Å². The van der Waals surface area contributed by atoms with Crippen molar-refractivity contribution in [3.63, 3.8) is 0 Å². The van der Waals surface area contributed by atoms with Gasteiger partial charge in [-0.3, -0.25) is 0 Å². The number of benzene rings is 2. The molecule has 0 aliphatic heterocycles. The number of hydrogen-bond acceptors (Lipinski definition) is 2. The van der Waals surface area contributed by atoms with Gasteiger partial charge in [0, 0.05) is 5.56 Å². The number of carboxylic acids is 1. The Labute approximate surface area is 122 Å². The first-order valence-electron chi connectivity index (χ1n) is 6.79. The van der Waals surface area contributed by atoms with Gasteiger partial charge in [-0.2, -0.15) is 0 Å². The Morgan fingerprint density at radius 3 is 2.62 bits per heavy atom. The van der Waals surface area contributed by atoms with Crippen LogP contribution in [-0.4, -0.2) is 16.7 Å². The molecule has 0 unspecified atom stereocenters. The fourth-order valence-electron chi connectivity index (χ4n) is 2.18. The maximum Gasteiger partial charge on any atom is 0.335 e. The lowest BCUT2D eigenvalue weighted by Crippen LogP contribution is -2.13. The lowest BCUT2D eigenvalue weighted by atomic mass is 10.0. The number of carboxylic acid groups (broad SMARTS) is 1. The number of halogens is 1. The van der Waals surface area contributed by atoms with Crippen LogP contribution in [0.1, 0.15) is 30.1 Å². The van der Waals surface area contributed by atoms with Gasteiger partial charge >= 0.3 is 5.97 Å². The van der Waals surface area contributed by atoms with Gasteiger partial charge in [-0.25, -0.2) is 9.18 Å². The zero-order valence-corrected chi connectivity index (χ0v) is 11.6. The van der Waals surface area contributed by atoms with Crippen LogP contribution in [0.3, 0.4) is 0 Å². The summed E-state index contributed by atoms with van der Waals surface area (Å²) in [6, 6.07) is 10.9. The van der Waals surface area contributed by atoms with Crippen LogP contribution in [0.4, 0.5) is 4.39 Å². The monoisotopic (exact) mass is 286 g/mol. The molecule has 0 amide bonds. The Hall–Kier alpha value is -2.36. The topological polar surface area (TPSA) is 46.5 Å². The van der Waals surface area contributed by atoms with E-state index in [9.17, 15) is 9.18 Å². The van der Waals surface area contributed by atoms with Crippen molar-refractivity contribution in [3.8, 4) is 16.9 Å². The van der Waals surface area contributed by atoms with Crippen molar-refractivity contribution >= 4 is 5.97 Å². The molecule has 0 spiro atoms. The molecular weight excluding hydrogens is 271 g/mol. The Kier molecular flexibility index (Phi) is 3.16. The molecule has 2 aromatic carbocycles. The van der Waals surface area contributed by atoms with Crippen molar-refractivity contribution in [1.29, 1.82) is 0 Å². The highest BCUT2D eigenvalue weighted by Crippen LogP contribution is 2.43. The molecule has 3 rings (SSSR count). The average Bonchev–Trinajstić information content (AvgIpc) is 3.16. The van der Waals surface area contributed by atoms with Crippen LogP contribution < -0.4 is 4.74 Å². The highest BCUT2D eigenvalue weighted by atomic mass is 19.1. The fraction of sp³-hybridized carbons (Fsp3) is 0.235. The molecule has 4 heteroatoms. The normalized spacial score (nSPS) is 15.5. The second kappa shape index (κ2) is 4.88. The zero-order chi connectivity index (χ0) is 15.0. The van der Waals surface area contributed by atoms with E-state index in [0.717, 1.165) is 12.8 Å². The van der Waals surface area contributed by atoms with E-state index >= 15 is 0 Å². The maximum atomic E-state index is 13.4. The molecule has 0 aromatic heterocycles. The zero-order valence-electron chi connectivity index (χ0n) is 11.6. The standard InChI is InChI=1S/C17H15FO3/c1-17(7-8-17)21-15-10-12(16(19)20)5-6-14(15)11-3-2-4-13(18)9-11/h2-6,9-10H,7-8H2,1H3,(H,19,20). The van der Waals surface area contributed by atoms with E-state index in [1.54, 1.807) is 18.2 Å². The van der Waals surface area contributed by atoms with E-state index in [1.807, 2.05) is 6.92 Å². The average molecular weight is 286 g/mol. The van der Waals surface area contributed by atoms with Crippen molar-refractivity contribution in [2.24, 2.45) is 0 Å². The molecule has 0 bridgehead atoms. The molecule has 1 fully saturated rings. The molecule has 0 atom stereocenters. The third-order valence-electron chi connectivity index (χ3n) is 3.67. The highest BCUT2D eigenvalue weighted by molar-refractivity contribution is 5.89. The first-order chi connectivity index (χ1) is 9.97. The van der Waals surface area contributed by atoms with Crippen LogP contribution in [-0.2, 0) is 0 Å². The summed E-state index contributed by atoms with van der Waals surface area (Å²) in [6.45, 7) is 1.98. The predicted octanol–water partition coefficient (Wildman–Crippen LogP) is 4.12. The largest absolute Gasteiger partial charge is 0.487 e. The first kappa shape index (κ1) is 13.6. The third-order valence-corrected chi connectivity index (χ3v) is 3.67. The number of rotatable bonds is 4. The Morgan fingerprint density at radius 1 is 1.24 bits per heavy atom. The predicted molar refractivity (Wildman–Crippen MR) is 77.1 cm³/mol. The lowest BCUT2D eigenvalue weighted by Gasteiger charge is -2.17. The minimum Gasteiger partial charge on any atom is -0.487 e. The van der Waals surface area contributed by atoms with E-state index in [1.165, 1.54) is 24.3 Å². The van der Waals surface area contributed by atoms with Crippen molar-refractivity contribution in [2.75, 3.05) is 0 Å². The molecule has 3 nitrogen and oxygen atoms in total.